The van der Waals surface area contributed by atoms with Crippen LogP contribution in [0.5, 0.6) is 0 Å². The second kappa shape index (κ2) is 43.5. The molecule has 0 heterocycles. The molecule has 12 nitrogen and oxygen atoms in total. The summed E-state index contributed by atoms with van der Waals surface area (Å²) in [5, 5.41) is 38.3. The number of unbranched alkanes of at least 4 members (excludes halogenated alkanes) is 6. The highest BCUT2D eigenvalue weighted by Gasteiger charge is 2.27. The van der Waals surface area contributed by atoms with E-state index in [-0.39, 0.29) is 12.8 Å². The first-order valence-electron chi connectivity index (χ1n) is 22.7. The van der Waals surface area contributed by atoms with Gasteiger partial charge in [0.15, 0.2) is 6.10 Å². The molecule has 0 radical (unpaired) electrons. The van der Waals surface area contributed by atoms with Gasteiger partial charge in [-0.15, -0.1) is 0 Å². The molecule has 0 fully saturated rings. The number of hydrogen-bond acceptors (Lipinski definition) is 11. The average molecular weight is 903 g/mol. The minimum atomic E-state index is -4.69. The third-order valence-corrected chi connectivity index (χ3v) is 9.73. The molecule has 13 heteroatoms. The number of phosphoric acid groups is 1. The number of phosphoric ester groups is 1. The predicted octanol–water partition coefficient (Wildman–Crippen LogP) is 10.3. The largest absolute Gasteiger partial charge is 0.472 e. The summed E-state index contributed by atoms with van der Waals surface area (Å²) in [6, 6.07) is 0. The lowest BCUT2D eigenvalue weighted by Gasteiger charge is -2.20. The smallest absolute Gasteiger partial charge is 0.462 e. The zero-order valence-electron chi connectivity index (χ0n) is 38.0. The van der Waals surface area contributed by atoms with Crippen LogP contribution in [0, 0.1) is 0 Å². The standard InChI is InChI=1S/C50H79O12P/c1-3-5-7-8-9-10-11-12-13-14-15-16-17-18-19-20-21-25-33-39-49(55)59-43-48(44-61-63(57,58)60-42-47(54)41-51)62-50(56)40-34-26-23-22-24-30-36-46(53)38-32-28-27-31-37-45(52)35-29-6-4-2/h6,9-10,12-13,15-16,18-19,23-24,26-32,37-38,45-48,51-54H,3-5,7-8,11,14,17,20-22,25,33-36,39-44H2,1-2H3,(H,57,58)/b10-9-,13-12-,16-15-,19-18-,26-23-,28-27-,29-6-,30-24-,37-31+,38-32+/t45-,46+,47-,48+/m0/s1. The molecule has 5 atom stereocenters. The van der Waals surface area contributed by atoms with Crippen LogP contribution in [0.3, 0.4) is 0 Å². The lowest BCUT2D eigenvalue weighted by molar-refractivity contribution is -0.161. The summed E-state index contributed by atoms with van der Waals surface area (Å²) in [6.07, 6.45) is 49.5. The molecule has 0 aromatic rings. The van der Waals surface area contributed by atoms with Crippen LogP contribution in [0.1, 0.15) is 129 Å². The van der Waals surface area contributed by atoms with Gasteiger partial charge in [-0.05, 0) is 83.5 Å². The van der Waals surface area contributed by atoms with Crippen molar-refractivity contribution in [1.29, 1.82) is 0 Å². The van der Waals surface area contributed by atoms with Crippen molar-refractivity contribution in [2.75, 3.05) is 26.4 Å². The molecule has 0 spiro atoms. The zero-order valence-corrected chi connectivity index (χ0v) is 38.8. The molecular formula is C50H79O12P. The van der Waals surface area contributed by atoms with E-state index >= 15 is 0 Å². The number of carbonyl (C=O) groups excluding carboxylic acids is 2. The highest BCUT2D eigenvalue weighted by Crippen LogP contribution is 2.43. The summed E-state index contributed by atoms with van der Waals surface area (Å²) >= 11 is 0. The summed E-state index contributed by atoms with van der Waals surface area (Å²) in [4.78, 5) is 35.0. The van der Waals surface area contributed by atoms with Crippen molar-refractivity contribution in [3.63, 3.8) is 0 Å². The van der Waals surface area contributed by atoms with Crippen LogP contribution in [0.15, 0.2) is 122 Å². The fourth-order valence-electron chi connectivity index (χ4n) is 5.23. The van der Waals surface area contributed by atoms with E-state index in [1.807, 2.05) is 37.3 Å². The Morgan fingerprint density at radius 1 is 0.556 bits per heavy atom. The second-order valence-corrected chi connectivity index (χ2v) is 16.2. The molecular weight excluding hydrogens is 824 g/mol. The molecule has 356 valence electrons. The first-order valence-corrected chi connectivity index (χ1v) is 24.2. The highest BCUT2D eigenvalue weighted by molar-refractivity contribution is 7.47. The van der Waals surface area contributed by atoms with Crippen molar-refractivity contribution in [3.8, 4) is 0 Å². The molecule has 0 aliphatic carbocycles. The molecule has 0 saturated heterocycles. The van der Waals surface area contributed by atoms with E-state index in [0.717, 1.165) is 51.4 Å². The number of allylic oxidation sites excluding steroid dienone is 16. The number of hydrogen-bond donors (Lipinski definition) is 5. The van der Waals surface area contributed by atoms with Crippen molar-refractivity contribution in [2.24, 2.45) is 0 Å². The van der Waals surface area contributed by atoms with Crippen molar-refractivity contribution in [1.82, 2.24) is 0 Å². The van der Waals surface area contributed by atoms with E-state index in [2.05, 4.69) is 60.1 Å². The van der Waals surface area contributed by atoms with Crippen LogP contribution in [-0.4, -0.2) is 88.1 Å². The predicted molar refractivity (Wildman–Crippen MR) is 254 cm³/mol. The Balaban J connectivity index is 4.59. The summed E-state index contributed by atoms with van der Waals surface area (Å²) in [6.45, 7) is 1.89. The monoisotopic (exact) mass is 903 g/mol. The minimum Gasteiger partial charge on any atom is -0.462 e. The molecule has 0 rings (SSSR count). The van der Waals surface area contributed by atoms with E-state index in [1.54, 1.807) is 42.5 Å². The molecule has 0 bridgehead atoms. The molecule has 0 amide bonds. The molecule has 1 unspecified atom stereocenters. The van der Waals surface area contributed by atoms with Crippen molar-refractivity contribution in [3.05, 3.63) is 122 Å². The van der Waals surface area contributed by atoms with E-state index in [0.29, 0.717) is 32.1 Å². The Morgan fingerprint density at radius 3 is 1.62 bits per heavy atom. The third kappa shape index (κ3) is 43.3. The number of carbonyl (C=O) groups is 2. The normalized spacial score (nSPS) is 15.9. The molecule has 0 aromatic heterocycles. The first kappa shape index (κ1) is 59.3. The second-order valence-electron chi connectivity index (χ2n) is 14.7. The van der Waals surface area contributed by atoms with E-state index in [1.165, 1.54) is 19.3 Å². The van der Waals surface area contributed by atoms with Gasteiger partial charge in [0.25, 0.3) is 0 Å². The van der Waals surface area contributed by atoms with Gasteiger partial charge in [-0.3, -0.25) is 18.6 Å². The van der Waals surface area contributed by atoms with Crippen molar-refractivity contribution in [2.45, 2.75) is 154 Å². The van der Waals surface area contributed by atoms with Gasteiger partial charge in [-0.25, -0.2) is 4.57 Å². The van der Waals surface area contributed by atoms with Gasteiger partial charge in [0.05, 0.1) is 32.0 Å². The Morgan fingerprint density at radius 2 is 1.06 bits per heavy atom. The number of aliphatic hydroxyl groups is 4. The number of rotatable bonds is 40. The number of ether oxygens (including phenoxy) is 2. The zero-order chi connectivity index (χ0) is 46.5. The number of esters is 2. The summed E-state index contributed by atoms with van der Waals surface area (Å²) < 4.78 is 32.6. The Labute approximate surface area is 378 Å². The van der Waals surface area contributed by atoms with Gasteiger partial charge in [0.1, 0.15) is 12.7 Å². The molecule has 0 aromatic carbocycles. The van der Waals surface area contributed by atoms with Crippen LogP contribution in [0.2, 0.25) is 0 Å². The van der Waals surface area contributed by atoms with Crippen molar-refractivity contribution >= 4 is 19.8 Å². The maximum Gasteiger partial charge on any atom is 0.472 e. The fourth-order valence-corrected chi connectivity index (χ4v) is 6.02. The Hall–Kier alpha value is -3.71. The molecule has 63 heavy (non-hydrogen) atoms. The van der Waals surface area contributed by atoms with Gasteiger partial charge in [-0.2, -0.15) is 0 Å². The van der Waals surface area contributed by atoms with E-state index < -0.39 is 70.6 Å². The summed E-state index contributed by atoms with van der Waals surface area (Å²) in [5.41, 5.74) is 0. The third-order valence-electron chi connectivity index (χ3n) is 8.78. The maximum atomic E-state index is 12.6. The van der Waals surface area contributed by atoms with E-state index in [9.17, 15) is 34.4 Å². The summed E-state index contributed by atoms with van der Waals surface area (Å²) in [7, 11) is -4.69. The van der Waals surface area contributed by atoms with Crippen LogP contribution in [-0.2, 0) is 32.7 Å². The maximum absolute atomic E-state index is 12.6. The van der Waals surface area contributed by atoms with Gasteiger partial charge in [-0.1, -0.05) is 155 Å². The van der Waals surface area contributed by atoms with Crippen LogP contribution in [0.25, 0.3) is 0 Å². The Kier molecular flexibility index (Phi) is 41.0. The SMILES string of the molecule is CC/C=C\C[C@H](O)/C=C/C=C\C=C\[C@H](O)C/C=C\C/C=C\CCC(=O)O[C@H](COC(=O)CCCCC/C=C\C/C=C\C/C=C\C/C=C\CCCCC)COP(=O)(O)OC[C@@H](O)CO. The van der Waals surface area contributed by atoms with Crippen LogP contribution < -0.4 is 0 Å². The quantitative estimate of drug-likeness (QED) is 0.0129. The molecule has 0 aliphatic heterocycles. The van der Waals surface area contributed by atoms with Gasteiger partial charge >= 0.3 is 19.8 Å². The minimum absolute atomic E-state index is 0.0127. The fraction of sp³-hybridized carbons (Fsp3) is 0.560. The van der Waals surface area contributed by atoms with Crippen LogP contribution in [0.4, 0.5) is 0 Å². The Bertz CT molecular complexity index is 1490. The lowest BCUT2D eigenvalue weighted by atomic mass is 10.1. The molecule has 5 N–H and O–H groups in total. The van der Waals surface area contributed by atoms with Gasteiger partial charge < -0.3 is 34.8 Å². The van der Waals surface area contributed by atoms with Crippen molar-refractivity contribution < 1.29 is 58.0 Å². The lowest BCUT2D eigenvalue weighted by Crippen LogP contribution is -2.29. The number of aliphatic hydroxyl groups excluding tert-OH is 4. The van der Waals surface area contributed by atoms with Gasteiger partial charge in [0, 0.05) is 12.8 Å². The first-order chi connectivity index (χ1) is 30.5. The highest BCUT2D eigenvalue weighted by atomic mass is 31.2. The topological polar surface area (TPSA) is 189 Å². The molecule has 0 saturated carbocycles. The molecule has 0 aliphatic rings. The van der Waals surface area contributed by atoms with E-state index in [4.69, 9.17) is 19.1 Å². The summed E-state index contributed by atoms with van der Waals surface area (Å²) in [5.74, 6) is -1.14. The van der Waals surface area contributed by atoms with Crippen LogP contribution >= 0.6 is 7.82 Å². The average Bonchev–Trinajstić information content (AvgIpc) is 3.26. The van der Waals surface area contributed by atoms with Gasteiger partial charge in [0.2, 0.25) is 0 Å².